The van der Waals surface area contributed by atoms with Gasteiger partial charge in [-0.15, -0.1) is 0 Å². The zero-order chi connectivity index (χ0) is 23.5. The molecule has 0 saturated carbocycles. The van der Waals surface area contributed by atoms with Crippen molar-refractivity contribution in [1.29, 1.82) is 0 Å². The van der Waals surface area contributed by atoms with Gasteiger partial charge >= 0.3 is 0 Å². The summed E-state index contributed by atoms with van der Waals surface area (Å²) in [5.41, 5.74) is 14.1. The molecule has 1 aromatic heterocycles. The van der Waals surface area contributed by atoms with Crippen LogP contribution in [0.25, 0.3) is 28.1 Å². The number of likely N-dealkylation sites (N-methyl/N-ethyl adjacent to an activating group) is 1. The fourth-order valence-electron chi connectivity index (χ4n) is 6.63. The van der Waals surface area contributed by atoms with Crippen LogP contribution in [0.1, 0.15) is 35.6 Å². The maximum absolute atomic E-state index is 2.52. The lowest BCUT2D eigenvalue weighted by atomic mass is 9.63. The van der Waals surface area contributed by atoms with E-state index in [1.165, 1.54) is 44.8 Å². The second-order valence-electron chi connectivity index (χ2n) is 10.00. The Balaban J connectivity index is 1.40. The topological polar surface area (TPSA) is 7.12 Å². The van der Waals surface area contributed by atoms with Gasteiger partial charge in [0.05, 0.1) is 11.5 Å². The summed E-state index contributed by atoms with van der Waals surface area (Å²) in [5, 5.41) is 0. The van der Waals surface area contributed by atoms with Crippen LogP contribution < -0.4 is 4.57 Å². The molecule has 2 heteroatoms. The molecule has 4 aromatic rings. The molecule has 0 radical (unpaired) electrons. The summed E-state index contributed by atoms with van der Waals surface area (Å²) in [7, 11) is 2.25. The molecule has 2 atom stereocenters. The van der Waals surface area contributed by atoms with E-state index < -0.39 is 0 Å². The molecule has 3 aliphatic rings. The van der Waals surface area contributed by atoms with Gasteiger partial charge in [-0.3, -0.25) is 0 Å². The van der Waals surface area contributed by atoms with Gasteiger partial charge in [0.1, 0.15) is 0 Å². The van der Waals surface area contributed by atoms with E-state index in [0.717, 1.165) is 13.0 Å². The molecule has 0 bridgehead atoms. The largest absolute Gasteiger partial charge is 0.370 e. The number of pyridine rings is 1. The predicted molar refractivity (Wildman–Crippen MR) is 143 cm³/mol. The highest BCUT2D eigenvalue weighted by Crippen LogP contribution is 2.55. The lowest BCUT2D eigenvalue weighted by Crippen LogP contribution is -2.55. The van der Waals surface area contributed by atoms with Crippen molar-refractivity contribution < 1.29 is 4.57 Å². The summed E-state index contributed by atoms with van der Waals surface area (Å²) < 4.78 is 2.52. The molecule has 170 valence electrons. The van der Waals surface area contributed by atoms with Gasteiger partial charge in [0, 0.05) is 42.6 Å². The van der Waals surface area contributed by atoms with Crippen molar-refractivity contribution in [3.8, 4) is 22.4 Å². The van der Waals surface area contributed by atoms with Crippen molar-refractivity contribution in [2.45, 2.75) is 25.3 Å². The maximum atomic E-state index is 2.52. The Morgan fingerprint density at radius 1 is 0.800 bits per heavy atom. The average Bonchev–Trinajstić information content (AvgIpc) is 2.90. The molecule has 0 N–H and O–H groups in total. The van der Waals surface area contributed by atoms with E-state index >= 15 is 0 Å². The zero-order valence-corrected chi connectivity index (χ0v) is 20.3. The number of allylic oxidation sites excluding steroid dienone is 2. The quantitative estimate of drug-likeness (QED) is 0.227. The third-order valence-electron chi connectivity index (χ3n) is 8.19. The first-order valence-corrected chi connectivity index (χ1v) is 12.6. The van der Waals surface area contributed by atoms with E-state index in [1.807, 2.05) is 0 Å². The Morgan fingerprint density at radius 2 is 1.60 bits per heavy atom. The SMILES string of the molecule is C/C=C1/c2cc(-c3ccccc3)ccc2CC2=C(CN1C)C1C2c2ccccc2-c2cccc[n+]21. The molecular formula is C33H29N2+. The van der Waals surface area contributed by atoms with Crippen molar-refractivity contribution in [3.63, 3.8) is 0 Å². The van der Waals surface area contributed by atoms with Crippen molar-refractivity contribution in [3.05, 3.63) is 131 Å². The van der Waals surface area contributed by atoms with Crippen LogP contribution in [0.15, 0.2) is 114 Å². The highest BCUT2D eigenvalue weighted by Gasteiger charge is 2.52. The van der Waals surface area contributed by atoms with Crippen molar-refractivity contribution in [1.82, 2.24) is 4.90 Å². The molecule has 2 unspecified atom stereocenters. The highest BCUT2D eigenvalue weighted by atomic mass is 15.1. The normalized spacial score (nSPS) is 21.1. The second-order valence-corrected chi connectivity index (χ2v) is 10.00. The van der Waals surface area contributed by atoms with Crippen LogP contribution >= 0.6 is 0 Å². The molecule has 3 heterocycles. The average molecular weight is 454 g/mol. The van der Waals surface area contributed by atoms with Gasteiger partial charge in [0.25, 0.3) is 0 Å². The van der Waals surface area contributed by atoms with Gasteiger partial charge in [-0.05, 0) is 59.4 Å². The van der Waals surface area contributed by atoms with E-state index in [1.54, 1.807) is 11.1 Å². The molecule has 7 rings (SSSR count). The number of fused-ring (bicyclic) bond motifs is 9. The predicted octanol–water partition coefficient (Wildman–Crippen LogP) is 6.81. The van der Waals surface area contributed by atoms with Gasteiger partial charge in [-0.2, -0.15) is 4.57 Å². The number of rotatable bonds is 1. The Kier molecular flexibility index (Phi) is 4.57. The van der Waals surface area contributed by atoms with E-state index in [4.69, 9.17) is 0 Å². The summed E-state index contributed by atoms with van der Waals surface area (Å²) >= 11 is 0. The monoisotopic (exact) mass is 453 g/mol. The minimum Gasteiger partial charge on any atom is -0.370 e. The first kappa shape index (κ1) is 20.5. The fourth-order valence-corrected chi connectivity index (χ4v) is 6.63. The number of nitrogens with zero attached hydrogens (tertiary/aromatic N) is 2. The maximum Gasteiger partial charge on any atom is 0.213 e. The summed E-state index contributed by atoms with van der Waals surface area (Å²) in [4.78, 5) is 2.46. The van der Waals surface area contributed by atoms with Gasteiger partial charge in [0.15, 0.2) is 12.2 Å². The number of aromatic nitrogens is 1. The molecule has 35 heavy (non-hydrogen) atoms. The van der Waals surface area contributed by atoms with E-state index in [0.29, 0.717) is 12.0 Å². The van der Waals surface area contributed by atoms with Gasteiger partial charge in [0.2, 0.25) is 5.69 Å². The Morgan fingerprint density at radius 3 is 2.46 bits per heavy atom. The summed E-state index contributed by atoms with van der Waals surface area (Å²) in [6, 6.07) is 33.9. The molecule has 2 nitrogen and oxygen atoms in total. The molecule has 0 saturated heterocycles. The molecule has 0 fully saturated rings. The third-order valence-corrected chi connectivity index (χ3v) is 8.19. The highest BCUT2D eigenvalue weighted by molar-refractivity contribution is 5.76. The lowest BCUT2D eigenvalue weighted by molar-refractivity contribution is -0.712. The van der Waals surface area contributed by atoms with Crippen LogP contribution in [-0.4, -0.2) is 18.5 Å². The number of hydrogen-bond acceptors (Lipinski definition) is 1. The Labute approximate surface area is 207 Å². The van der Waals surface area contributed by atoms with Crippen molar-refractivity contribution >= 4 is 5.70 Å². The van der Waals surface area contributed by atoms with Crippen LogP contribution in [0.2, 0.25) is 0 Å². The minimum atomic E-state index is 0.404. The zero-order valence-electron chi connectivity index (χ0n) is 20.3. The first-order valence-electron chi connectivity index (χ1n) is 12.6. The Bertz CT molecular complexity index is 1530. The molecular weight excluding hydrogens is 424 g/mol. The number of hydrogen-bond donors (Lipinski definition) is 0. The molecule has 3 aromatic carbocycles. The standard InChI is InChI=1S/C33H29N2/c1-3-30-27-19-23(22-11-5-4-6-12-22)16-17-24(27)20-28-29(21-34(30)2)33-32(28)26-14-8-7-13-25(26)31-15-9-10-18-35(31)33/h3-19,32-33H,20-21H2,1-2H3/q+1/b30-3-. The molecule has 0 spiro atoms. The van der Waals surface area contributed by atoms with Crippen LogP contribution in [-0.2, 0) is 6.42 Å². The van der Waals surface area contributed by atoms with Crippen LogP contribution in [0.5, 0.6) is 0 Å². The summed E-state index contributed by atoms with van der Waals surface area (Å²) in [5.74, 6) is 0.448. The summed E-state index contributed by atoms with van der Waals surface area (Å²) in [6.45, 7) is 3.14. The van der Waals surface area contributed by atoms with Crippen molar-refractivity contribution in [2.24, 2.45) is 0 Å². The van der Waals surface area contributed by atoms with Crippen LogP contribution in [0.4, 0.5) is 0 Å². The number of benzene rings is 3. The smallest absolute Gasteiger partial charge is 0.213 e. The molecule has 0 amide bonds. The fraction of sp³-hybridized carbons (Fsp3) is 0.182. The minimum absolute atomic E-state index is 0.404. The van der Waals surface area contributed by atoms with Crippen LogP contribution in [0, 0.1) is 0 Å². The van der Waals surface area contributed by atoms with E-state index in [9.17, 15) is 0 Å². The van der Waals surface area contributed by atoms with Gasteiger partial charge < -0.3 is 4.90 Å². The van der Waals surface area contributed by atoms with E-state index in [2.05, 4.69) is 127 Å². The Hall–Kier alpha value is -3.91. The lowest BCUT2D eigenvalue weighted by Gasteiger charge is -2.45. The van der Waals surface area contributed by atoms with Gasteiger partial charge in [-0.1, -0.05) is 66.7 Å². The second kappa shape index (κ2) is 7.81. The van der Waals surface area contributed by atoms with E-state index in [-0.39, 0.29) is 0 Å². The van der Waals surface area contributed by atoms with Gasteiger partial charge in [-0.25, -0.2) is 0 Å². The third kappa shape index (κ3) is 2.99. The molecule has 1 aliphatic carbocycles. The van der Waals surface area contributed by atoms with Crippen molar-refractivity contribution in [2.75, 3.05) is 13.6 Å². The molecule has 2 aliphatic heterocycles. The van der Waals surface area contributed by atoms with Crippen LogP contribution in [0.3, 0.4) is 0 Å². The first-order chi connectivity index (χ1) is 17.2. The summed E-state index contributed by atoms with van der Waals surface area (Å²) in [6.07, 6.45) is 5.58.